The molecule has 170 valence electrons. The van der Waals surface area contributed by atoms with Crippen LogP contribution >= 0.6 is 24.0 Å². The minimum Gasteiger partial charge on any atom is -0.459 e. The van der Waals surface area contributed by atoms with E-state index in [4.69, 9.17) is 16.3 Å². The molecule has 1 fully saturated rings. The molecule has 1 atom stereocenters. The van der Waals surface area contributed by atoms with Gasteiger partial charge in [0.25, 0.3) is 0 Å². The van der Waals surface area contributed by atoms with Crippen LogP contribution in [0.1, 0.15) is 37.0 Å². The molecule has 2 aromatic carbocycles. The standard InChI is InChI=1S/C23H25ClN4O3.ClH/c1-13(2)31-23(30)15-5-7-19(24)17(11-15)14-6-8-20-18(10-14)21(28-27-20)26-22(29)16-4-3-9-25-12-16;/h5-8,10-11,13,16,25H,3-4,9,12H2,1-2H3,(H2,26,27,28,29);1H/t16-;/m1./s1. The van der Waals surface area contributed by atoms with Crippen molar-refractivity contribution in [3.63, 3.8) is 0 Å². The first-order valence-corrected chi connectivity index (χ1v) is 10.8. The Balaban J connectivity index is 0.00000289. The quantitative estimate of drug-likeness (QED) is 0.459. The van der Waals surface area contributed by atoms with Crippen molar-refractivity contribution in [3.05, 3.63) is 47.0 Å². The van der Waals surface area contributed by atoms with E-state index in [9.17, 15) is 9.59 Å². The lowest BCUT2D eigenvalue weighted by molar-refractivity contribution is -0.120. The first-order chi connectivity index (χ1) is 14.9. The molecule has 3 N–H and O–H groups in total. The average molecular weight is 477 g/mol. The first-order valence-electron chi connectivity index (χ1n) is 10.4. The zero-order valence-electron chi connectivity index (χ0n) is 17.9. The Kier molecular flexibility index (Phi) is 7.77. The third-order valence-electron chi connectivity index (χ3n) is 5.33. The maximum Gasteiger partial charge on any atom is 0.338 e. The number of carbonyl (C=O) groups excluding carboxylic acids is 2. The van der Waals surface area contributed by atoms with Crippen LogP contribution in [0.5, 0.6) is 0 Å². The van der Waals surface area contributed by atoms with Crippen LogP contribution in [0, 0.1) is 5.92 Å². The Morgan fingerprint density at radius 2 is 2.03 bits per heavy atom. The first kappa shape index (κ1) is 24.0. The largest absolute Gasteiger partial charge is 0.459 e. The molecule has 0 bridgehead atoms. The van der Waals surface area contributed by atoms with E-state index in [-0.39, 0.29) is 30.3 Å². The molecule has 2 heterocycles. The predicted octanol–water partition coefficient (Wildman–Crippen LogP) is 4.81. The summed E-state index contributed by atoms with van der Waals surface area (Å²) < 4.78 is 5.30. The lowest BCUT2D eigenvalue weighted by Crippen LogP contribution is -2.37. The number of carbonyl (C=O) groups is 2. The molecule has 1 aliphatic rings. The monoisotopic (exact) mass is 476 g/mol. The highest BCUT2D eigenvalue weighted by atomic mass is 35.5. The molecule has 7 nitrogen and oxygen atoms in total. The third-order valence-corrected chi connectivity index (χ3v) is 5.66. The van der Waals surface area contributed by atoms with Crippen molar-refractivity contribution in [2.45, 2.75) is 32.8 Å². The van der Waals surface area contributed by atoms with E-state index in [1.54, 1.807) is 32.0 Å². The molecule has 3 aromatic rings. The van der Waals surface area contributed by atoms with Gasteiger partial charge in [-0.05, 0) is 69.1 Å². The summed E-state index contributed by atoms with van der Waals surface area (Å²) in [6.07, 6.45) is 1.64. The second kappa shape index (κ2) is 10.3. The number of aromatic nitrogens is 2. The van der Waals surface area contributed by atoms with E-state index in [0.717, 1.165) is 35.9 Å². The number of nitrogens with zero attached hydrogens (tertiary/aromatic N) is 1. The fourth-order valence-corrected chi connectivity index (χ4v) is 3.95. The lowest BCUT2D eigenvalue weighted by atomic mass is 9.98. The molecule has 0 saturated carbocycles. The normalized spacial score (nSPS) is 15.9. The highest BCUT2D eigenvalue weighted by Crippen LogP contribution is 2.33. The number of esters is 1. The zero-order valence-corrected chi connectivity index (χ0v) is 19.5. The van der Waals surface area contributed by atoms with Crippen molar-refractivity contribution >= 4 is 52.6 Å². The van der Waals surface area contributed by atoms with Crippen molar-refractivity contribution in [1.82, 2.24) is 15.5 Å². The molecule has 0 radical (unpaired) electrons. The fraction of sp³-hybridized carbons (Fsp3) is 0.348. The van der Waals surface area contributed by atoms with Crippen molar-refractivity contribution < 1.29 is 14.3 Å². The summed E-state index contributed by atoms with van der Waals surface area (Å²) in [6.45, 7) is 5.23. The van der Waals surface area contributed by atoms with Crippen LogP contribution in [0.15, 0.2) is 36.4 Å². The van der Waals surface area contributed by atoms with Crippen LogP contribution in [0.2, 0.25) is 5.02 Å². The van der Waals surface area contributed by atoms with E-state index in [1.165, 1.54) is 0 Å². The number of aromatic amines is 1. The fourth-order valence-electron chi connectivity index (χ4n) is 3.73. The minimum atomic E-state index is -0.397. The second-order valence-electron chi connectivity index (χ2n) is 8.01. The molecule has 1 saturated heterocycles. The maximum atomic E-state index is 12.6. The van der Waals surface area contributed by atoms with Crippen LogP contribution in [-0.2, 0) is 9.53 Å². The summed E-state index contributed by atoms with van der Waals surface area (Å²) in [5, 5.41) is 14.7. The van der Waals surface area contributed by atoms with Crippen LogP contribution in [0.4, 0.5) is 5.82 Å². The van der Waals surface area contributed by atoms with E-state index >= 15 is 0 Å². The van der Waals surface area contributed by atoms with E-state index in [0.29, 0.717) is 28.5 Å². The number of hydrogen-bond acceptors (Lipinski definition) is 5. The number of H-pyrrole nitrogens is 1. The van der Waals surface area contributed by atoms with Gasteiger partial charge in [0.05, 0.1) is 23.1 Å². The van der Waals surface area contributed by atoms with Crippen molar-refractivity contribution in [1.29, 1.82) is 0 Å². The van der Waals surface area contributed by atoms with E-state index in [2.05, 4.69) is 20.8 Å². The molecule has 32 heavy (non-hydrogen) atoms. The van der Waals surface area contributed by atoms with Gasteiger partial charge in [-0.25, -0.2) is 4.79 Å². The SMILES string of the molecule is CC(C)OC(=O)c1ccc(Cl)c(-c2ccc3[nH]nc(NC(=O)[C@@H]4CCCNC4)c3c2)c1.Cl. The van der Waals surface area contributed by atoms with E-state index in [1.807, 2.05) is 18.2 Å². The Morgan fingerprint density at radius 3 is 2.75 bits per heavy atom. The minimum absolute atomic E-state index is 0. The maximum absolute atomic E-state index is 12.6. The van der Waals surface area contributed by atoms with Gasteiger partial charge in [0, 0.05) is 22.5 Å². The number of amides is 1. The van der Waals surface area contributed by atoms with Crippen LogP contribution in [0.3, 0.4) is 0 Å². The van der Waals surface area contributed by atoms with Crippen LogP contribution in [-0.4, -0.2) is 41.3 Å². The molecule has 1 amide bonds. The van der Waals surface area contributed by atoms with Gasteiger partial charge in [-0.3, -0.25) is 9.89 Å². The number of ether oxygens (including phenoxy) is 1. The summed E-state index contributed by atoms with van der Waals surface area (Å²) in [4.78, 5) is 25.0. The van der Waals surface area contributed by atoms with Gasteiger partial charge in [-0.15, -0.1) is 12.4 Å². The number of fused-ring (bicyclic) bond motifs is 1. The van der Waals surface area contributed by atoms with E-state index < -0.39 is 5.97 Å². The number of halogens is 2. The van der Waals surface area contributed by atoms with Crippen LogP contribution < -0.4 is 10.6 Å². The number of piperidine rings is 1. The zero-order chi connectivity index (χ0) is 22.0. The second-order valence-corrected chi connectivity index (χ2v) is 8.42. The van der Waals surface area contributed by atoms with Gasteiger partial charge in [-0.2, -0.15) is 5.10 Å². The summed E-state index contributed by atoms with van der Waals surface area (Å²) in [7, 11) is 0. The van der Waals surface area contributed by atoms with Crippen molar-refractivity contribution in [2.75, 3.05) is 18.4 Å². The van der Waals surface area contributed by atoms with Gasteiger partial charge in [0.2, 0.25) is 5.91 Å². The van der Waals surface area contributed by atoms with Crippen LogP contribution in [0.25, 0.3) is 22.0 Å². The Morgan fingerprint density at radius 1 is 1.22 bits per heavy atom. The molecular weight excluding hydrogens is 451 g/mol. The molecule has 0 spiro atoms. The van der Waals surface area contributed by atoms with Gasteiger partial charge < -0.3 is 15.4 Å². The van der Waals surface area contributed by atoms with Gasteiger partial charge in [0.15, 0.2) is 5.82 Å². The molecule has 1 aromatic heterocycles. The Hall–Kier alpha value is -2.61. The van der Waals surface area contributed by atoms with Crippen molar-refractivity contribution in [2.24, 2.45) is 5.92 Å². The Labute approximate surface area is 197 Å². The number of benzene rings is 2. The third kappa shape index (κ3) is 5.23. The number of nitrogens with one attached hydrogen (secondary N) is 3. The molecule has 0 unspecified atom stereocenters. The smallest absolute Gasteiger partial charge is 0.338 e. The predicted molar refractivity (Wildman–Crippen MR) is 129 cm³/mol. The van der Waals surface area contributed by atoms with Gasteiger partial charge in [0.1, 0.15) is 0 Å². The molecule has 9 heteroatoms. The molecular formula is C23H26Cl2N4O3. The summed E-state index contributed by atoms with van der Waals surface area (Å²) >= 11 is 6.44. The number of rotatable bonds is 5. The lowest BCUT2D eigenvalue weighted by Gasteiger charge is -2.21. The number of hydrogen-bond donors (Lipinski definition) is 3. The average Bonchev–Trinajstić information content (AvgIpc) is 3.16. The van der Waals surface area contributed by atoms with Gasteiger partial charge >= 0.3 is 5.97 Å². The summed E-state index contributed by atoms with van der Waals surface area (Å²) in [5.41, 5.74) is 2.75. The molecule has 4 rings (SSSR count). The highest BCUT2D eigenvalue weighted by Gasteiger charge is 2.22. The number of anilines is 1. The summed E-state index contributed by atoms with van der Waals surface area (Å²) in [5.74, 6) is -0.0190. The highest BCUT2D eigenvalue weighted by molar-refractivity contribution is 6.33. The Bertz CT molecular complexity index is 1120. The molecule has 0 aliphatic carbocycles. The van der Waals surface area contributed by atoms with Gasteiger partial charge in [-0.1, -0.05) is 17.7 Å². The topological polar surface area (TPSA) is 96.1 Å². The summed E-state index contributed by atoms with van der Waals surface area (Å²) in [6, 6.07) is 10.7. The molecule has 1 aliphatic heterocycles. The van der Waals surface area contributed by atoms with Crippen molar-refractivity contribution in [3.8, 4) is 11.1 Å².